The molecule has 0 amide bonds. The van der Waals surface area contributed by atoms with Crippen molar-refractivity contribution in [1.29, 1.82) is 0 Å². The van der Waals surface area contributed by atoms with E-state index >= 15 is 0 Å². The molecule has 0 saturated carbocycles. The van der Waals surface area contributed by atoms with Gasteiger partial charge in [0.1, 0.15) is 12.4 Å². The maximum absolute atomic E-state index is 6.10. The van der Waals surface area contributed by atoms with Crippen molar-refractivity contribution in [3.63, 3.8) is 0 Å². The average Bonchev–Trinajstić information content (AvgIpc) is 3.01. The number of nitrogens with zero attached hydrogens (tertiary/aromatic N) is 1. The van der Waals surface area contributed by atoms with Crippen LogP contribution in [0.4, 0.5) is 0 Å². The van der Waals surface area contributed by atoms with Gasteiger partial charge in [-0.1, -0.05) is 36.4 Å². The Bertz CT molecular complexity index is 720. The van der Waals surface area contributed by atoms with E-state index in [-0.39, 0.29) is 0 Å². The van der Waals surface area contributed by atoms with E-state index in [4.69, 9.17) is 4.74 Å². The third-order valence-electron chi connectivity index (χ3n) is 3.35. The molecule has 21 heavy (non-hydrogen) atoms. The zero-order valence-electron chi connectivity index (χ0n) is 12.2. The first kappa shape index (κ1) is 13.8. The van der Waals surface area contributed by atoms with E-state index in [2.05, 4.69) is 48.5 Å². The summed E-state index contributed by atoms with van der Waals surface area (Å²) in [6.45, 7) is 4.76. The highest BCUT2D eigenvalue weighted by Gasteiger charge is 2.12. The van der Waals surface area contributed by atoms with Crippen molar-refractivity contribution in [1.82, 2.24) is 4.98 Å². The van der Waals surface area contributed by atoms with Crippen molar-refractivity contribution >= 4 is 11.3 Å². The zero-order valence-corrected chi connectivity index (χ0v) is 13.0. The highest BCUT2D eigenvalue weighted by molar-refractivity contribution is 7.07. The highest BCUT2D eigenvalue weighted by atomic mass is 32.1. The molecule has 2 nitrogen and oxygen atoms in total. The van der Waals surface area contributed by atoms with E-state index in [0.29, 0.717) is 6.61 Å². The molecule has 0 N–H and O–H groups in total. The molecule has 0 radical (unpaired) electrons. The van der Waals surface area contributed by atoms with Gasteiger partial charge in [0.15, 0.2) is 0 Å². The molecule has 106 valence electrons. The van der Waals surface area contributed by atoms with Gasteiger partial charge in [-0.2, -0.15) is 0 Å². The molecule has 0 saturated heterocycles. The Morgan fingerprint density at radius 2 is 1.90 bits per heavy atom. The van der Waals surface area contributed by atoms with Gasteiger partial charge in [-0.05, 0) is 36.6 Å². The molecule has 0 aliphatic rings. The van der Waals surface area contributed by atoms with E-state index in [0.717, 1.165) is 22.6 Å². The Morgan fingerprint density at radius 3 is 2.62 bits per heavy atom. The molecule has 0 aliphatic carbocycles. The summed E-state index contributed by atoms with van der Waals surface area (Å²) in [5.41, 5.74) is 7.45. The molecule has 3 aromatic rings. The van der Waals surface area contributed by atoms with Gasteiger partial charge in [0, 0.05) is 10.9 Å². The van der Waals surface area contributed by atoms with Gasteiger partial charge in [-0.3, -0.25) is 0 Å². The van der Waals surface area contributed by atoms with Crippen LogP contribution >= 0.6 is 11.3 Å². The van der Waals surface area contributed by atoms with Crippen LogP contribution in [0.15, 0.2) is 53.4 Å². The van der Waals surface area contributed by atoms with Gasteiger partial charge in [0.2, 0.25) is 0 Å². The summed E-state index contributed by atoms with van der Waals surface area (Å²) in [7, 11) is 0. The Morgan fingerprint density at radius 1 is 1.10 bits per heavy atom. The number of benzene rings is 2. The Labute approximate surface area is 129 Å². The summed E-state index contributed by atoms with van der Waals surface area (Å²) in [5.74, 6) is 0.926. The monoisotopic (exact) mass is 295 g/mol. The minimum atomic E-state index is 0.571. The van der Waals surface area contributed by atoms with Crippen LogP contribution in [0.1, 0.15) is 16.7 Å². The van der Waals surface area contributed by atoms with Crippen LogP contribution in [-0.4, -0.2) is 4.98 Å². The van der Waals surface area contributed by atoms with E-state index in [1.54, 1.807) is 11.3 Å². The zero-order chi connectivity index (χ0) is 14.7. The third-order valence-corrected chi connectivity index (χ3v) is 3.94. The van der Waals surface area contributed by atoms with Gasteiger partial charge in [0.05, 0.1) is 11.2 Å². The molecule has 3 rings (SSSR count). The predicted octanol–water partition coefficient (Wildman–Crippen LogP) is 5.01. The first-order valence-electron chi connectivity index (χ1n) is 6.90. The Kier molecular flexibility index (Phi) is 4.02. The van der Waals surface area contributed by atoms with Crippen LogP contribution in [0.2, 0.25) is 0 Å². The molecular formula is C18H17NOS. The van der Waals surface area contributed by atoms with Crippen LogP contribution in [-0.2, 0) is 6.61 Å². The lowest BCUT2D eigenvalue weighted by atomic mass is 10.0. The number of hydrogen-bond acceptors (Lipinski definition) is 3. The van der Waals surface area contributed by atoms with Crippen molar-refractivity contribution in [2.24, 2.45) is 0 Å². The summed E-state index contributed by atoms with van der Waals surface area (Å²) >= 11 is 1.60. The first-order valence-corrected chi connectivity index (χ1v) is 7.85. The molecule has 0 aliphatic heterocycles. The second-order valence-corrected chi connectivity index (χ2v) is 5.83. The predicted molar refractivity (Wildman–Crippen MR) is 87.8 cm³/mol. The van der Waals surface area contributed by atoms with Crippen molar-refractivity contribution in [3.8, 4) is 17.0 Å². The molecule has 2 aromatic carbocycles. The fraction of sp³-hybridized carbons (Fsp3) is 0.167. The van der Waals surface area contributed by atoms with Gasteiger partial charge < -0.3 is 4.74 Å². The minimum absolute atomic E-state index is 0.571. The molecular weight excluding hydrogens is 278 g/mol. The second kappa shape index (κ2) is 6.10. The fourth-order valence-electron chi connectivity index (χ4n) is 2.41. The number of aromatic nitrogens is 1. The number of thiazole rings is 1. The van der Waals surface area contributed by atoms with Crippen LogP contribution in [0, 0.1) is 13.8 Å². The molecule has 0 unspecified atom stereocenters. The minimum Gasteiger partial charge on any atom is -0.488 e. The van der Waals surface area contributed by atoms with E-state index in [1.807, 2.05) is 23.7 Å². The standard InChI is InChI=1S/C18H17NOS/c1-13-8-14(2)18(16(9-13)17-11-21-12-19-17)20-10-15-6-4-3-5-7-15/h3-9,11-12H,10H2,1-2H3. The third kappa shape index (κ3) is 3.14. The summed E-state index contributed by atoms with van der Waals surface area (Å²) in [4.78, 5) is 4.42. The van der Waals surface area contributed by atoms with E-state index in [1.165, 1.54) is 11.1 Å². The lowest BCUT2D eigenvalue weighted by Gasteiger charge is -2.14. The van der Waals surface area contributed by atoms with Gasteiger partial charge in [-0.25, -0.2) is 4.98 Å². The van der Waals surface area contributed by atoms with Crippen molar-refractivity contribution < 1.29 is 4.74 Å². The van der Waals surface area contributed by atoms with Crippen LogP contribution in [0.25, 0.3) is 11.3 Å². The number of rotatable bonds is 4. The Balaban J connectivity index is 1.94. The number of aryl methyl sites for hydroxylation is 2. The average molecular weight is 295 g/mol. The number of ether oxygens (including phenoxy) is 1. The van der Waals surface area contributed by atoms with E-state index in [9.17, 15) is 0 Å². The first-order chi connectivity index (χ1) is 10.2. The van der Waals surface area contributed by atoms with Gasteiger partial charge in [0.25, 0.3) is 0 Å². The number of hydrogen-bond donors (Lipinski definition) is 0. The molecule has 0 atom stereocenters. The van der Waals surface area contributed by atoms with Gasteiger partial charge in [-0.15, -0.1) is 11.3 Å². The van der Waals surface area contributed by atoms with Crippen molar-refractivity contribution in [2.45, 2.75) is 20.5 Å². The smallest absolute Gasteiger partial charge is 0.132 e. The topological polar surface area (TPSA) is 22.1 Å². The summed E-state index contributed by atoms with van der Waals surface area (Å²) < 4.78 is 6.10. The normalized spacial score (nSPS) is 10.6. The van der Waals surface area contributed by atoms with E-state index < -0.39 is 0 Å². The summed E-state index contributed by atoms with van der Waals surface area (Å²) in [6.07, 6.45) is 0. The Hall–Kier alpha value is -2.13. The largest absolute Gasteiger partial charge is 0.488 e. The maximum Gasteiger partial charge on any atom is 0.132 e. The molecule has 1 aromatic heterocycles. The van der Waals surface area contributed by atoms with Gasteiger partial charge >= 0.3 is 0 Å². The molecule has 0 bridgehead atoms. The summed E-state index contributed by atoms with van der Waals surface area (Å²) in [5, 5.41) is 2.06. The molecule has 3 heteroatoms. The van der Waals surface area contributed by atoms with Crippen molar-refractivity contribution in [3.05, 3.63) is 70.0 Å². The SMILES string of the molecule is Cc1cc(C)c(OCc2ccccc2)c(-c2cscn2)c1. The molecule has 0 fully saturated rings. The maximum atomic E-state index is 6.10. The molecule has 1 heterocycles. The van der Waals surface area contributed by atoms with Crippen molar-refractivity contribution in [2.75, 3.05) is 0 Å². The van der Waals surface area contributed by atoms with Crippen LogP contribution in [0.3, 0.4) is 0 Å². The highest BCUT2D eigenvalue weighted by Crippen LogP contribution is 2.34. The lowest BCUT2D eigenvalue weighted by molar-refractivity contribution is 0.305. The molecule has 0 spiro atoms. The second-order valence-electron chi connectivity index (χ2n) is 5.11. The van der Waals surface area contributed by atoms with Crippen LogP contribution < -0.4 is 4.74 Å². The van der Waals surface area contributed by atoms with Crippen LogP contribution in [0.5, 0.6) is 5.75 Å². The summed E-state index contributed by atoms with van der Waals surface area (Å²) in [6, 6.07) is 14.5. The quantitative estimate of drug-likeness (QED) is 0.675. The lowest BCUT2D eigenvalue weighted by Crippen LogP contribution is -1.99. The fourth-order valence-corrected chi connectivity index (χ4v) is 2.96.